The first kappa shape index (κ1) is 20.1. The standard InChI is InChI=1S/C21H23FN4OS2/c22-16-9-7-15(8-10-16)20(17-6-3-11-28-17)24-19(27)13-29-21-23-18(25-26-21)12-14-4-1-2-5-14/h3,6-11,14,20H,1-2,4-5,12-13H2,(H,24,27)(H,23,25,26)/t20-/m1/s1. The van der Waals surface area contributed by atoms with Crippen molar-refractivity contribution in [1.82, 2.24) is 20.5 Å². The molecule has 0 saturated heterocycles. The van der Waals surface area contributed by atoms with Crippen LogP contribution in [0, 0.1) is 11.7 Å². The molecule has 0 bridgehead atoms. The SMILES string of the molecule is O=C(CSc1n[nH]c(CC2CCCC2)n1)N[C@H](c1ccc(F)cc1)c1cccs1. The first-order valence-corrected chi connectivity index (χ1v) is 11.7. The fourth-order valence-electron chi connectivity index (χ4n) is 3.68. The van der Waals surface area contributed by atoms with Crippen LogP contribution in [0.15, 0.2) is 46.9 Å². The van der Waals surface area contributed by atoms with Gasteiger partial charge in [-0.2, -0.15) is 0 Å². The summed E-state index contributed by atoms with van der Waals surface area (Å²) in [6.07, 6.45) is 6.07. The van der Waals surface area contributed by atoms with Gasteiger partial charge in [0.2, 0.25) is 11.1 Å². The molecular weight excluding hydrogens is 407 g/mol. The highest BCUT2D eigenvalue weighted by Gasteiger charge is 2.20. The van der Waals surface area contributed by atoms with Gasteiger partial charge in [-0.3, -0.25) is 9.89 Å². The van der Waals surface area contributed by atoms with Gasteiger partial charge in [-0.05, 0) is 35.1 Å². The molecule has 1 atom stereocenters. The van der Waals surface area contributed by atoms with Crippen LogP contribution in [-0.4, -0.2) is 26.8 Å². The van der Waals surface area contributed by atoms with Crippen LogP contribution in [0.1, 0.15) is 48.0 Å². The third-order valence-corrected chi connectivity index (χ3v) is 6.92. The summed E-state index contributed by atoms with van der Waals surface area (Å²) in [4.78, 5) is 18.1. The van der Waals surface area contributed by atoms with Crippen molar-refractivity contribution in [1.29, 1.82) is 0 Å². The number of hydrogen-bond acceptors (Lipinski definition) is 5. The third-order valence-electron chi connectivity index (χ3n) is 5.14. The summed E-state index contributed by atoms with van der Waals surface area (Å²) in [5, 5.41) is 12.9. The first-order valence-electron chi connectivity index (χ1n) is 9.79. The van der Waals surface area contributed by atoms with E-state index in [1.165, 1.54) is 49.6 Å². The molecule has 4 rings (SSSR count). The second kappa shape index (κ2) is 9.54. The molecule has 1 aliphatic carbocycles. The molecule has 2 N–H and O–H groups in total. The quantitative estimate of drug-likeness (QED) is 0.507. The lowest BCUT2D eigenvalue weighted by molar-refractivity contribution is -0.119. The van der Waals surface area contributed by atoms with E-state index < -0.39 is 0 Å². The van der Waals surface area contributed by atoms with E-state index in [1.54, 1.807) is 23.5 Å². The van der Waals surface area contributed by atoms with Gasteiger partial charge in [0.1, 0.15) is 11.6 Å². The number of hydrogen-bond donors (Lipinski definition) is 2. The number of aromatic nitrogens is 3. The van der Waals surface area contributed by atoms with Gasteiger partial charge in [-0.25, -0.2) is 9.37 Å². The molecule has 1 aliphatic rings. The summed E-state index contributed by atoms with van der Waals surface area (Å²) < 4.78 is 13.3. The number of benzene rings is 1. The van der Waals surface area contributed by atoms with Crippen LogP contribution in [0.2, 0.25) is 0 Å². The van der Waals surface area contributed by atoms with Crippen molar-refractivity contribution in [3.8, 4) is 0 Å². The van der Waals surface area contributed by atoms with E-state index in [9.17, 15) is 9.18 Å². The van der Waals surface area contributed by atoms with Gasteiger partial charge in [0.25, 0.3) is 0 Å². The van der Waals surface area contributed by atoms with Gasteiger partial charge >= 0.3 is 0 Å². The second-order valence-electron chi connectivity index (χ2n) is 7.28. The maximum atomic E-state index is 13.3. The monoisotopic (exact) mass is 430 g/mol. The van der Waals surface area contributed by atoms with E-state index >= 15 is 0 Å². The highest BCUT2D eigenvalue weighted by atomic mass is 32.2. The van der Waals surface area contributed by atoms with Crippen molar-refractivity contribution in [3.63, 3.8) is 0 Å². The number of nitrogens with one attached hydrogen (secondary N) is 2. The van der Waals surface area contributed by atoms with E-state index in [0.717, 1.165) is 22.7 Å². The van der Waals surface area contributed by atoms with Gasteiger partial charge in [-0.15, -0.1) is 16.4 Å². The smallest absolute Gasteiger partial charge is 0.231 e. The first-order chi connectivity index (χ1) is 14.2. The maximum absolute atomic E-state index is 13.3. The number of rotatable bonds is 8. The third kappa shape index (κ3) is 5.45. The zero-order valence-corrected chi connectivity index (χ0v) is 17.6. The molecule has 3 aromatic rings. The average Bonchev–Trinajstić information content (AvgIpc) is 3.49. The van der Waals surface area contributed by atoms with Crippen LogP contribution in [-0.2, 0) is 11.2 Å². The minimum atomic E-state index is -0.297. The summed E-state index contributed by atoms with van der Waals surface area (Å²) >= 11 is 2.88. The van der Waals surface area contributed by atoms with Gasteiger partial charge in [0.05, 0.1) is 11.8 Å². The van der Waals surface area contributed by atoms with Crippen LogP contribution in [0.4, 0.5) is 4.39 Å². The number of thiophene rings is 1. The Morgan fingerprint density at radius 3 is 2.79 bits per heavy atom. The molecule has 29 heavy (non-hydrogen) atoms. The zero-order valence-electron chi connectivity index (χ0n) is 15.9. The van der Waals surface area contributed by atoms with Crippen molar-refractivity contribution in [3.05, 3.63) is 63.9 Å². The van der Waals surface area contributed by atoms with E-state index in [4.69, 9.17) is 0 Å². The molecule has 8 heteroatoms. The Morgan fingerprint density at radius 1 is 1.28 bits per heavy atom. The summed E-state index contributed by atoms with van der Waals surface area (Å²) in [6, 6.07) is 9.85. The van der Waals surface area contributed by atoms with Gasteiger partial charge in [0.15, 0.2) is 0 Å². The predicted molar refractivity (Wildman–Crippen MR) is 113 cm³/mol. The molecule has 1 amide bonds. The predicted octanol–water partition coefficient (Wildman–Crippen LogP) is 4.74. The van der Waals surface area contributed by atoms with Crippen molar-refractivity contribution >= 4 is 29.0 Å². The molecule has 0 radical (unpaired) electrons. The minimum Gasteiger partial charge on any atom is -0.344 e. The number of aromatic amines is 1. The lowest BCUT2D eigenvalue weighted by atomic mass is 10.0. The van der Waals surface area contributed by atoms with Crippen LogP contribution in [0.3, 0.4) is 0 Å². The van der Waals surface area contributed by atoms with Crippen LogP contribution >= 0.6 is 23.1 Å². The Kier molecular flexibility index (Phi) is 6.61. The Balaban J connectivity index is 1.34. The topological polar surface area (TPSA) is 70.7 Å². The molecule has 2 heterocycles. The summed E-state index contributed by atoms with van der Waals surface area (Å²) in [6.45, 7) is 0. The van der Waals surface area contributed by atoms with Gasteiger partial charge in [0, 0.05) is 11.3 Å². The van der Waals surface area contributed by atoms with Gasteiger partial charge < -0.3 is 5.32 Å². The number of carbonyl (C=O) groups is 1. The molecule has 0 unspecified atom stereocenters. The Labute approximate surface area is 177 Å². The van der Waals surface area contributed by atoms with E-state index in [1.807, 2.05) is 17.5 Å². The van der Waals surface area contributed by atoms with Crippen LogP contribution < -0.4 is 5.32 Å². The molecule has 0 aliphatic heterocycles. The zero-order chi connectivity index (χ0) is 20.1. The lowest BCUT2D eigenvalue weighted by Gasteiger charge is -2.18. The number of nitrogens with zero attached hydrogens (tertiary/aromatic N) is 2. The Hall–Kier alpha value is -2.19. The number of halogens is 1. The number of carbonyl (C=O) groups excluding carboxylic acids is 1. The average molecular weight is 431 g/mol. The molecule has 0 spiro atoms. The molecule has 1 fully saturated rings. The highest BCUT2D eigenvalue weighted by molar-refractivity contribution is 7.99. The molecule has 5 nitrogen and oxygen atoms in total. The fraction of sp³-hybridized carbons (Fsp3) is 0.381. The van der Waals surface area contributed by atoms with E-state index in [2.05, 4.69) is 20.5 Å². The Morgan fingerprint density at radius 2 is 2.07 bits per heavy atom. The number of thioether (sulfide) groups is 1. The summed E-state index contributed by atoms with van der Waals surface area (Å²) in [5.74, 6) is 1.43. The maximum Gasteiger partial charge on any atom is 0.231 e. The van der Waals surface area contributed by atoms with Gasteiger partial charge in [-0.1, -0.05) is 55.6 Å². The van der Waals surface area contributed by atoms with Crippen molar-refractivity contribution in [2.45, 2.75) is 43.3 Å². The van der Waals surface area contributed by atoms with Crippen LogP contribution in [0.25, 0.3) is 0 Å². The summed E-state index contributed by atoms with van der Waals surface area (Å²) in [5.41, 5.74) is 0.851. The van der Waals surface area contributed by atoms with Crippen molar-refractivity contribution < 1.29 is 9.18 Å². The molecular formula is C21H23FN4OS2. The van der Waals surface area contributed by atoms with E-state index in [0.29, 0.717) is 11.1 Å². The van der Waals surface area contributed by atoms with Crippen molar-refractivity contribution in [2.24, 2.45) is 5.92 Å². The molecule has 1 aromatic carbocycles. The summed E-state index contributed by atoms with van der Waals surface area (Å²) in [7, 11) is 0. The largest absolute Gasteiger partial charge is 0.344 e. The molecule has 152 valence electrons. The van der Waals surface area contributed by atoms with E-state index in [-0.39, 0.29) is 23.5 Å². The number of H-pyrrole nitrogens is 1. The molecule has 1 saturated carbocycles. The normalized spacial score (nSPS) is 15.5. The highest BCUT2D eigenvalue weighted by Crippen LogP contribution is 2.28. The molecule has 2 aromatic heterocycles. The minimum absolute atomic E-state index is 0.111. The van der Waals surface area contributed by atoms with Crippen LogP contribution in [0.5, 0.6) is 0 Å². The number of amides is 1. The fourth-order valence-corrected chi connectivity index (χ4v) is 5.11. The Bertz CT molecular complexity index is 921. The second-order valence-corrected chi connectivity index (χ2v) is 9.20. The lowest BCUT2D eigenvalue weighted by Crippen LogP contribution is -2.30. The van der Waals surface area contributed by atoms with Crippen molar-refractivity contribution in [2.75, 3.05) is 5.75 Å².